The minimum atomic E-state index is 0.375. The van der Waals surface area contributed by atoms with Gasteiger partial charge in [0.25, 0.3) is 0 Å². The van der Waals surface area contributed by atoms with Crippen molar-refractivity contribution in [1.29, 1.82) is 0 Å². The summed E-state index contributed by atoms with van der Waals surface area (Å²) in [6, 6.07) is 19.9. The summed E-state index contributed by atoms with van der Waals surface area (Å²) in [5, 5.41) is 4.51. The zero-order valence-electron chi connectivity index (χ0n) is 17.9. The molecule has 0 spiro atoms. The van der Waals surface area contributed by atoms with Gasteiger partial charge in [-0.25, -0.2) is 0 Å². The molecule has 3 aromatic rings. The van der Waals surface area contributed by atoms with E-state index >= 15 is 0 Å². The first-order valence-electron chi connectivity index (χ1n) is 10.5. The van der Waals surface area contributed by atoms with Crippen molar-refractivity contribution in [3.63, 3.8) is 0 Å². The molecule has 0 radical (unpaired) electrons. The van der Waals surface area contributed by atoms with Crippen LogP contribution in [0.3, 0.4) is 0 Å². The van der Waals surface area contributed by atoms with Gasteiger partial charge < -0.3 is 24.4 Å². The maximum Gasteiger partial charge on any atom is 0.161 e. The molecule has 1 saturated heterocycles. The highest BCUT2D eigenvalue weighted by Gasteiger charge is 2.11. The smallest absolute Gasteiger partial charge is 0.161 e. The van der Waals surface area contributed by atoms with Gasteiger partial charge in [-0.05, 0) is 59.7 Å². The van der Waals surface area contributed by atoms with Gasteiger partial charge >= 0.3 is 0 Å². The lowest BCUT2D eigenvalue weighted by atomic mass is 10.2. The lowest BCUT2D eigenvalue weighted by Crippen LogP contribution is -2.36. The number of halogens is 2. The second-order valence-electron chi connectivity index (χ2n) is 7.52. The van der Waals surface area contributed by atoms with Crippen LogP contribution in [0.1, 0.15) is 11.1 Å². The van der Waals surface area contributed by atoms with Crippen molar-refractivity contribution in [2.45, 2.75) is 13.2 Å². The molecule has 7 heteroatoms. The maximum absolute atomic E-state index is 6.08. The van der Waals surface area contributed by atoms with Gasteiger partial charge in [-0.15, -0.1) is 0 Å². The molecule has 32 heavy (non-hydrogen) atoms. The van der Waals surface area contributed by atoms with E-state index in [0.29, 0.717) is 34.7 Å². The normalized spacial score (nSPS) is 13.7. The molecule has 4 rings (SSSR count). The molecule has 0 atom stereocenters. The SMILES string of the molecule is COc1cc(CNc2ccc(N3CCOCC3)cc2)ccc1OCc1ccc(Cl)c(Cl)c1. The fourth-order valence-corrected chi connectivity index (χ4v) is 3.87. The maximum atomic E-state index is 6.08. The summed E-state index contributed by atoms with van der Waals surface area (Å²) in [4.78, 5) is 2.34. The first-order valence-corrected chi connectivity index (χ1v) is 11.3. The highest BCUT2D eigenvalue weighted by atomic mass is 35.5. The van der Waals surface area contributed by atoms with Crippen LogP contribution in [0.15, 0.2) is 60.7 Å². The highest BCUT2D eigenvalue weighted by Crippen LogP contribution is 2.30. The van der Waals surface area contributed by atoms with E-state index in [1.54, 1.807) is 19.2 Å². The molecule has 0 unspecified atom stereocenters. The number of nitrogens with one attached hydrogen (secondary N) is 1. The topological polar surface area (TPSA) is 43.0 Å². The summed E-state index contributed by atoms with van der Waals surface area (Å²) in [7, 11) is 1.64. The predicted molar refractivity (Wildman–Crippen MR) is 131 cm³/mol. The number of benzene rings is 3. The number of methoxy groups -OCH3 is 1. The second kappa shape index (κ2) is 10.8. The largest absolute Gasteiger partial charge is 0.493 e. The zero-order valence-corrected chi connectivity index (χ0v) is 19.5. The monoisotopic (exact) mass is 472 g/mol. The van der Waals surface area contributed by atoms with Crippen molar-refractivity contribution in [3.8, 4) is 11.5 Å². The molecule has 1 heterocycles. The van der Waals surface area contributed by atoms with Crippen LogP contribution in [0.25, 0.3) is 0 Å². The van der Waals surface area contributed by atoms with E-state index in [1.807, 2.05) is 24.3 Å². The van der Waals surface area contributed by atoms with Gasteiger partial charge in [0.15, 0.2) is 11.5 Å². The van der Waals surface area contributed by atoms with Crippen LogP contribution in [-0.2, 0) is 17.9 Å². The lowest BCUT2D eigenvalue weighted by molar-refractivity contribution is 0.122. The molecular formula is C25H26Cl2N2O3. The summed E-state index contributed by atoms with van der Waals surface area (Å²) in [6.07, 6.45) is 0. The van der Waals surface area contributed by atoms with E-state index in [0.717, 1.165) is 43.1 Å². The van der Waals surface area contributed by atoms with Gasteiger partial charge in [0, 0.05) is 31.0 Å². The third-order valence-electron chi connectivity index (χ3n) is 5.35. The van der Waals surface area contributed by atoms with Crippen LogP contribution in [-0.4, -0.2) is 33.4 Å². The van der Waals surface area contributed by atoms with E-state index in [2.05, 4.69) is 34.5 Å². The third kappa shape index (κ3) is 5.80. The molecule has 3 aromatic carbocycles. The van der Waals surface area contributed by atoms with Gasteiger partial charge in [0.05, 0.1) is 30.4 Å². The van der Waals surface area contributed by atoms with Crippen molar-refractivity contribution in [2.75, 3.05) is 43.6 Å². The Kier molecular flexibility index (Phi) is 7.63. The van der Waals surface area contributed by atoms with Gasteiger partial charge in [-0.3, -0.25) is 0 Å². The molecular weight excluding hydrogens is 447 g/mol. The first kappa shape index (κ1) is 22.6. The fraction of sp³-hybridized carbons (Fsp3) is 0.280. The Morgan fingerprint density at radius 2 is 1.62 bits per heavy atom. The Morgan fingerprint density at radius 3 is 2.34 bits per heavy atom. The Labute approximate surface area is 198 Å². The molecule has 0 aliphatic carbocycles. The van der Waals surface area contributed by atoms with Gasteiger partial charge in [0.1, 0.15) is 6.61 Å². The number of anilines is 2. The van der Waals surface area contributed by atoms with E-state index in [1.165, 1.54) is 5.69 Å². The lowest BCUT2D eigenvalue weighted by Gasteiger charge is -2.28. The number of hydrogen-bond acceptors (Lipinski definition) is 5. The minimum absolute atomic E-state index is 0.375. The van der Waals surface area contributed by atoms with Crippen LogP contribution in [0.4, 0.5) is 11.4 Å². The second-order valence-corrected chi connectivity index (χ2v) is 8.34. The minimum Gasteiger partial charge on any atom is -0.493 e. The number of morpholine rings is 1. The quantitative estimate of drug-likeness (QED) is 0.433. The molecule has 5 nitrogen and oxygen atoms in total. The van der Waals surface area contributed by atoms with E-state index < -0.39 is 0 Å². The van der Waals surface area contributed by atoms with Crippen molar-refractivity contribution in [3.05, 3.63) is 81.8 Å². The Bertz CT molecular complexity index is 1040. The predicted octanol–water partition coefficient (Wildman–Crippen LogP) is 6.03. The van der Waals surface area contributed by atoms with Gasteiger partial charge in [-0.2, -0.15) is 0 Å². The van der Waals surface area contributed by atoms with Gasteiger partial charge in [-0.1, -0.05) is 35.3 Å². The van der Waals surface area contributed by atoms with Gasteiger partial charge in [0.2, 0.25) is 0 Å². The van der Waals surface area contributed by atoms with Crippen LogP contribution in [0.2, 0.25) is 10.0 Å². The van der Waals surface area contributed by atoms with Crippen molar-refractivity contribution in [2.24, 2.45) is 0 Å². The molecule has 168 valence electrons. The number of hydrogen-bond donors (Lipinski definition) is 1. The molecule has 1 aliphatic heterocycles. The highest BCUT2D eigenvalue weighted by molar-refractivity contribution is 6.42. The summed E-state index contributed by atoms with van der Waals surface area (Å²) in [5.74, 6) is 1.37. The average Bonchev–Trinajstić information content (AvgIpc) is 2.84. The Morgan fingerprint density at radius 1 is 0.875 bits per heavy atom. The fourth-order valence-electron chi connectivity index (χ4n) is 3.55. The Balaban J connectivity index is 1.34. The van der Waals surface area contributed by atoms with Crippen molar-refractivity contribution in [1.82, 2.24) is 0 Å². The number of ether oxygens (including phenoxy) is 3. The molecule has 0 bridgehead atoms. The molecule has 1 N–H and O–H groups in total. The van der Waals surface area contributed by atoms with Crippen molar-refractivity contribution < 1.29 is 14.2 Å². The standard InChI is InChI=1S/C25H26Cl2N2O3/c1-30-25-15-18(3-9-24(25)32-17-19-2-8-22(26)23(27)14-19)16-28-20-4-6-21(7-5-20)29-10-12-31-13-11-29/h2-9,14-15,28H,10-13,16-17H2,1H3. The van der Waals surface area contributed by atoms with Crippen LogP contribution in [0, 0.1) is 0 Å². The molecule has 1 aliphatic rings. The van der Waals surface area contributed by atoms with Crippen LogP contribution in [0.5, 0.6) is 11.5 Å². The van der Waals surface area contributed by atoms with E-state index in [4.69, 9.17) is 37.4 Å². The summed E-state index contributed by atoms with van der Waals surface area (Å²) in [5.41, 5.74) is 4.33. The van der Waals surface area contributed by atoms with E-state index in [-0.39, 0.29) is 0 Å². The first-order chi connectivity index (χ1) is 15.6. The Hall–Kier alpha value is -2.60. The van der Waals surface area contributed by atoms with Crippen LogP contribution < -0.4 is 19.7 Å². The molecule has 0 amide bonds. The summed E-state index contributed by atoms with van der Waals surface area (Å²) >= 11 is 12.1. The number of nitrogens with zero attached hydrogens (tertiary/aromatic N) is 1. The molecule has 0 saturated carbocycles. The molecule has 1 fully saturated rings. The average molecular weight is 473 g/mol. The number of rotatable bonds is 8. The summed E-state index contributed by atoms with van der Waals surface area (Å²) in [6.45, 7) is 4.50. The third-order valence-corrected chi connectivity index (χ3v) is 6.09. The van der Waals surface area contributed by atoms with E-state index in [9.17, 15) is 0 Å². The molecule has 0 aromatic heterocycles. The van der Waals surface area contributed by atoms with Crippen molar-refractivity contribution >= 4 is 34.6 Å². The zero-order chi connectivity index (χ0) is 22.3. The van der Waals surface area contributed by atoms with Crippen LogP contribution >= 0.6 is 23.2 Å². The summed E-state index contributed by atoms with van der Waals surface area (Å²) < 4.78 is 16.9.